The van der Waals surface area contributed by atoms with E-state index in [1.807, 2.05) is 6.07 Å². The van der Waals surface area contributed by atoms with Gasteiger partial charge < -0.3 is 10.1 Å². The Morgan fingerprint density at radius 2 is 2.05 bits per heavy atom. The highest BCUT2D eigenvalue weighted by atomic mass is 16.5. The van der Waals surface area contributed by atoms with E-state index in [4.69, 9.17) is 4.74 Å². The summed E-state index contributed by atoms with van der Waals surface area (Å²) in [5.41, 5.74) is 5.48. The van der Waals surface area contributed by atoms with E-state index < -0.39 is 0 Å². The van der Waals surface area contributed by atoms with E-state index in [1.165, 1.54) is 22.3 Å². The van der Waals surface area contributed by atoms with Crippen molar-refractivity contribution in [1.29, 1.82) is 0 Å². The van der Waals surface area contributed by atoms with Crippen LogP contribution in [0.5, 0.6) is 5.75 Å². The molecule has 0 saturated carbocycles. The summed E-state index contributed by atoms with van der Waals surface area (Å²) in [6, 6.07) is 16.0. The van der Waals surface area contributed by atoms with Crippen LogP contribution in [0.1, 0.15) is 41.6 Å². The van der Waals surface area contributed by atoms with Crippen molar-refractivity contribution in [3.63, 3.8) is 0 Å². The number of hydrogen-bond donors (Lipinski definition) is 1. The van der Waals surface area contributed by atoms with Crippen LogP contribution in [-0.2, 0) is 6.42 Å². The molecule has 0 radical (unpaired) electrons. The number of methoxy groups -OCH3 is 1. The lowest BCUT2D eigenvalue weighted by Crippen LogP contribution is -2.39. The summed E-state index contributed by atoms with van der Waals surface area (Å²) in [6.07, 6.45) is 2.26. The highest BCUT2D eigenvalue weighted by molar-refractivity contribution is 5.44. The number of hydrogen-bond acceptors (Lipinski definition) is 2. The molecule has 3 rings (SSSR count). The van der Waals surface area contributed by atoms with Crippen LogP contribution < -0.4 is 10.1 Å². The first-order valence-electron chi connectivity index (χ1n) is 7.70. The molecule has 1 aliphatic rings. The SMILES string of the molecule is CCC1Cc2ccc(C)cc2C(c2cccc(OC)c2)N1. The summed E-state index contributed by atoms with van der Waals surface area (Å²) in [5.74, 6) is 0.919. The maximum absolute atomic E-state index is 5.38. The molecule has 2 aromatic rings. The van der Waals surface area contributed by atoms with Gasteiger partial charge in [-0.1, -0.05) is 42.8 Å². The molecule has 2 atom stereocenters. The van der Waals surface area contributed by atoms with Crippen molar-refractivity contribution in [2.24, 2.45) is 0 Å². The molecule has 1 aliphatic heterocycles. The van der Waals surface area contributed by atoms with Gasteiger partial charge in [0, 0.05) is 6.04 Å². The summed E-state index contributed by atoms with van der Waals surface area (Å²) >= 11 is 0. The van der Waals surface area contributed by atoms with Crippen LogP contribution in [0, 0.1) is 6.92 Å². The third kappa shape index (κ3) is 2.81. The molecule has 2 unspecified atom stereocenters. The quantitative estimate of drug-likeness (QED) is 0.917. The number of benzene rings is 2. The van der Waals surface area contributed by atoms with E-state index in [2.05, 4.69) is 55.6 Å². The standard InChI is InChI=1S/C19H23NO/c1-4-16-11-14-9-8-13(2)10-18(14)19(20-16)15-6-5-7-17(12-15)21-3/h5-10,12,16,19-20H,4,11H2,1-3H3. The second-order valence-corrected chi connectivity index (χ2v) is 5.89. The summed E-state index contributed by atoms with van der Waals surface area (Å²) in [5, 5.41) is 3.80. The van der Waals surface area contributed by atoms with Gasteiger partial charge in [0.25, 0.3) is 0 Å². The number of ether oxygens (including phenoxy) is 1. The van der Waals surface area contributed by atoms with E-state index in [-0.39, 0.29) is 6.04 Å². The number of fused-ring (bicyclic) bond motifs is 1. The normalized spacial score (nSPS) is 20.9. The molecular weight excluding hydrogens is 258 g/mol. The smallest absolute Gasteiger partial charge is 0.119 e. The zero-order valence-corrected chi connectivity index (χ0v) is 13.0. The third-order valence-corrected chi connectivity index (χ3v) is 4.40. The lowest BCUT2D eigenvalue weighted by molar-refractivity contribution is 0.408. The summed E-state index contributed by atoms with van der Waals surface area (Å²) in [6.45, 7) is 4.41. The van der Waals surface area contributed by atoms with Gasteiger partial charge in [0.2, 0.25) is 0 Å². The van der Waals surface area contributed by atoms with Gasteiger partial charge in [-0.3, -0.25) is 0 Å². The highest BCUT2D eigenvalue weighted by Gasteiger charge is 2.26. The Hall–Kier alpha value is -1.80. The van der Waals surface area contributed by atoms with Crippen molar-refractivity contribution in [2.75, 3.05) is 7.11 Å². The Morgan fingerprint density at radius 3 is 2.81 bits per heavy atom. The van der Waals surface area contributed by atoms with E-state index in [0.29, 0.717) is 6.04 Å². The molecule has 1 N–H and O–H groups in total. The average molecular weight is 281 g/mol. The first-order chi connectivity index (χ1) is 10.2. The van der Waals surface area contributed by atoms with Crippen LogP contribution in [0.25, 0.3) is 0 Å². The van der Waals surface area contributed by atoms with Crippen LogP contribution in [0.2, 0.25) is 0 Å². The van der Waals surface area contributed by atoms with E-state index in [1.54, 1.807) is 7.11 Å². The molecule has 2 heteroatoms. The predicted molar refractivity (Wildman–Crippen MR) is 86.9 cm³/mol. The second-order valence-electron chi connectivity index (χ2n) is 5.89. The molecule has 0 fully saturated rings. The minimum atomic E-state index is 0.258. The molecule has 0 aliphatic carbocycles. The summed E-state index contributed by atoms with van der Waals surface area (Å²) in [7, 11) is 1.72. The minimum Gasteiger partial charge on any atom is -0.497 e. The Morgan fingerprint density at radius 1 is 1.19 bits per heavy atom. The third-order valence-electron chi connectivity index (χ3n) is 4.40. The van der Waals surface area contributed by atoms with Crippen molar-refractivity contribution in [2.45, 2.75) is 38.8 Å². The maximum atomic E-state index is 5.38. The van der Waals surface area contributed by atoms with Gasteiger partial charge in [0.1, 0.15) is 5.75 Å². The molecule has 110 valence electrons. The van der Waals surface area contributed by atoms with Crippen molar-refractivity contribution in [3.05, 3.63) is 64.7 Å². The molecule has 0 amide bonds. The summed E-state index contributed by atoms with van der Waals surface area (Å²) < 4.78 is 5.38. The number of aryl methyl sites for hydroxylation is 1. The Bertz CT molecular complexity index is 635. The zero-order chi connectivity index (χ0) is 14.8. The zero-order valence-electron chi connectivity index (χ0n) is 13.0. The fraction of sp³-hybridized carbons (Fsp3) is 0.368. The van der Waals surface area contributed by atoms with Crippen LogP contribution >= 0.6 is 0 Å². The monoisotopic (exact) mass is 281 g/mol. The van der Waals surface area contributed by atoms with Gasteiger partial charge in [0.15, 0.2) is 0 Å². The van der Waals surface area contributed by atoms with Crippen LogP contribution in [-0.4, -0.2) is 13.2 Å². The van der Waals surface area contributed by atoms with Gasteiger partial charge in [-0.15, -0.1) is 0 Å². The van der Waals surface area contributed by atoms with Gasteiger partial charge in [0.05, 0.1) is 13.2 Å². The van der Waals surface area contributed by atoms with Crippen molar-refractivity contribution in [3.8, 4) is 5.75 Å². The molecule has 1 heterocycles. The van der Waals surface area contributed by atoms with Crippen LogP contribution in [0.4, 0.5) is 0 Å². The van der Waals surface area contributed by atoms with Gasteiger partial charge in [-0.25, -0.2) is 0 Å². The first kappa shape index (κ1) is 14.2. The molecule has 0 spiro atoms. The Balaban J connectivity index is 2.06. The largest absolute Gasteiger partial charge is 0.497 e. The van der Waals surface area contributed by atoms with Crippen LogP contribution in [0.3, 0.4) is 0 Å². The summed E-state index contributed by atoms with van der Waals surface area (Å²) in [4.78, 5) is 0. The van der Waals surface area contributed by atoms with Crippen molar-refractivity contribution >= 4 is 0 Å². The van der Waals surface area contributed by atoms with Gasteiger partial charge in [-0.05, 0) is 48.6 Å². The van der Waals surface area contributed by atoms with E-state index >= 15 is 0 Å². The predicted octanol–water partition coefficient (Wildman–Crippen LogP) is 4.02. The number of rotatable bonds is 3. The van der Waals surface area contributed by atoms with Gasteiger partial charge >= 0.3 is 0 Å². The van der Waals surface area contributed by atoms with Crippen molar-refractivity contribution < 1.29 is 4.74 Å². The average Bonchev–Trinajstić information content (AvgIpc) is 2.54. The Labute approximate surface area is 127 Å². The van der Waals surface area contributed by atoms with E-state index in [0.717, 1.165) is 18.6 Å². The fourth-order valence-electron chi connectivity index (χ4n) is 3.18. The van der Waals surface area contributed by atoms with E-state index in [9.17, 15) is 0 Å². The fourth-order valence-corrected chi connectivity index (χ4v) is 3.18. The molecular formula is C19H23NO. The van der Waals surface area contributed by atoms with Crippen LogP contribution in [0.15, 0.2) is 42.5 Å². The molecule has 0 aromatic heterocycles. The van der Waals surface area contributed by atoms with Crippen molar-refractivity contribution in [1.82, 2.24) is 5.32 Å². The lowest BCUT2D eigenvalue weighted by Gasteiger charge is -2.33. The Kier molecular flexibility index (Phi) is 3.98. The molecule has 2 nitrogen and oxygen atoms in total. The minimum absolute atomic E-state index is 0.258. The first-order valence-corrected chi connectivity index (χ1v) is 7.70. The molecule has 0 bridgehead atoms. The van der Waals surface area contributed by atoms with Gasteiger partial charge in [-0.2, -0.15) is 0 Å². The topological polar surface area (TPSA) is 21.3 Å². The molecule has 2 aromatic carbocycles. The highest BCUT2D eigenvalue weighted by Crippen LogP contribution is 2.33. The lowest BCUT2D eigenvalue weighted by atomic mass is 9.85. The molecule has 21 heavy (non-hydrogen) atoms. The second kappa shape index (κ2) is 5.90. The maximum Gasteiger partial charge on any atom is 0.119 e. The molecule has 0 saturated heterocycles. The number of nitrogens with one attached hydrogen (secondary N) is 1.